The van der Waals surface area contributed by atoms with Gasteiger partial charge < -0.3 is 4.74 Å². The minimum atomic E-state index is -1.25. The Labute approximate surface area is 215 Å². The summed E-state index contributed by atoms with van der Waals surface area (Å²) in [5, 5.41) is 0. The molecular weight excluding hydrogens is 521 g/mol. The highest BCUT2D eigenvalue weighted by molar-refractivity contribution is 8.18. The lowest BCUT2D eigenvalue weighted by atomic mass is 10.0. The summed E-state index contributed by atoms with van der Waals surface area (Å²) in [4.78, 5) is 0. The Morgan fingerprint density at radius 1 is 0.824 bits per heavy atom. The van der Waals surface area contributed by atoms with Crippen LogP contribution in [0.25, 0.3) is 11.1 Å². The zero-order valence-corrected chi connectivity index (χ0v) is 22.1. The third-order valence-corrected chi connectivity index (χ3v) is 12.4. The molecule has 0 bridgehead atoms. The van der Waals surface area contributed by atoms with E-state index in [0.717, 1.165) is 23.0 Å². The summed E-state index contributed by atoms with van der Waals surface area (Å²) in [6, 6.07) is 5.29. The molecule has 2 aromatic carbocycles. The minimum Gasteiger partial charge on any atom is -0.491 e. The second kappa shape index (κ2) is 11.9. The van der Waals surface area contributed by atoms with Crippen LogP contribution in [0.5, 0.6) is 5.75 Å². The Balaban J connectivity index is 1.45. The van der Waals surface area contributed by atoms with Gasteiger partial charge in [0, 0.05) is 39.7 Å². The van der Waals surface area contributed by atoms with Crippen molar-refractivity contribution >= 4 is 47.0 Å². The monoisotopic (exact) mass is 546 g/mol. The van der Waals surface area contributed by atoms with Gasteiger partial charge in [0.2, 0.25) is 5.82 Å². The third kappa shape index (κ3) is 5.57. The maximum Gasteiger partial charge on any atom is 0.201 e. The number of thioether (sulfide) groups is 4. The second-order valence-corrected chi connectivity index (χ2v) is 13.3. The van der Waals surface area contributed by atoms with Crippen LogP contribution in [0.3, 0.4) is 0 Å². The van der Waals surface area contributed by atoms with Crippen molar-refractivity contribution in [2.45, 2.75) is 23.0 Å². The van der Waals surface area contributed by atoms with Crippen molar-refractivity contribution in [1.82, 2.24) is 0 Å². The molecule has 0 unspecified atom stereocenters. The molecule has 9 heteroatoms. The van der Waals surface area contributed by atoms with E-state index >= 15 is 8.78 Å². The highest BCUT2D eigenvalue weighted by atomic mass is 32.2. The summed E-state index contributed by atoms with van der Waals surface area (Å²) >= 11 is 7.27. The first-order chi connectivity index (χ1) is 16.4. The highest BCUT2D eigenvalue weighted by Crippen LogP contribution is 2.51. The van der Waals surface area contributed by atoms with Gasteiger partial charge in [-0.1, -0.05) is 24.3 Å². The normalized spacial score (nSPS) is 25.6. The van der Waals surface area contributed by atoms with Crippen LogP contribution < -0.4 is 4.74 Å². The molecule has 0 aliphatic carbocycles. The molecule has 34 heavy (non-hydrogen) atoms. The molecular formula is C25H26F4OS4. The molecule has 184 valence electrons. The largest absolute Gasteiger partial charge is 0.491 e. The lowest BCUT2D eigenvalue weighted by Crippen LogP contribution is -2.28. The van der Waals surface area contributed by atoms with Crippen molar-refractivity contribution in [3.63, 3.8) is 0 Å². The van der Waals surface area contributed by atoms with Gasteiger partial charge in [-0.05, 0) is 37.8 Å². The van der Waals surface area contributed by atoms with Crippen LogP contribution >= 0.6 is 47.0 Å². The molecule has 2 aliphatic rings. The molecule has 2 heterocycles. The van der Waals surface area contributed by atoms with E-state index in [-0.39, 0.29) is 33.6 Å². The minimum absolute atomic E-state index is 0.166. The average Bonchev–Trinajstić information content (AvgIpc) is 2.85. The quantitative estimate of drug-likeness (QED) is 0.265. The van der Waals surface area contributed by atoms with Crippen molar-refractivity contribution in [2.75, 3.05) is 29.6 Å². The van der Waals surface area contributed by atoms with E-state index in [1.165, 1.54) is 24.3 Å². The number of benzene rings is 2. The Bertz CT molecular complexity index is 1030. The summed E-state index contributed by atoms with van der Waals surface area (Å²) in [6.45, 7) is 3.87. The van der Waals surface area contributed by atoms with Gasteiger partial charge in [0.05, 0.1) is 15.8 Å². The zero-order chi connectivity index (χ0) is 24.2. The maximum absolute atomic E-state index is 15.1. The molecule has 2 saturated heterocycles. The van der Waals surface area contributed by atoms with Gasteiger partial charge in [0.1, 0.15) is 0 Å². The van der Waals surface area contributed by atoms with Crippen molar-refractivity contribution in [3.8, 4) is 16.9 Å². The predicted molar refractivity (Wildman–Crippen MR) is 141 cm³/mol. The molecule has 2 fully saturated rings. The van der Waals surface area contributed by atoms with Crippen LogP contribution in [-0.2, 0) is 0 Å². The number of halogens is 4. The van der Waals surface area contributed by atoms with Gasteiger partial charge in [0.25, 0.3) is 0 Å². The number of allylic oxidation sites excluding steroid dienone is 2. The fourth-order valence-corrected chi connectivity index (χ4v) is 11.0. The van der Waals surface area contributed by atoms with E-state index in [1.807, 2.05) is 23.5 Å². The summed E-state index contributed by atoms with van der Waals surface area (Å²) in [5.74, 6) is 0.305. The number of hydrogen-bond acceptors (Lipinski definition) is 5. The molecule has 0 atom stereocenters. The van der Waals surface area contributed by atoms with E-state index in [0.29, 0.717) is 16.4 Å². The fraction of sp³-hybridized carbons (Fsp3) is 0.440. The predicted octanol–water partition coefficient (Wildman–Crippen LogP) is 8.40. The molecule has 0 amide bonds. The van der Waals surface area contributed by atoms with Gasteiger partial charge in [-0.25, -0.2) is 13.2 Å². The standard InChI is InChI=1S/C25H26F4OS4/c1-3-5-14-10-31-24(32-11-14)15-12-33-25(34-13-15)18-7-6-16(20(26)22(18)28)17-8-9-19(30-4-2)23(29)21(17)27/h3,5-9,14-15,24-25H,4,10-13H2,1-2H3/b5-3+. The topological polar surface area (TPSA) is 9.23 Å². The van der Waals surface area contributed by atoms with Gasteiger partial charge in [-0.15, -0.1) is 47.0 Å². The molecule has 0 aromatic heterocycles. The van der Waals surface area contributed by atoms with Crippen LogP contribution in [0.1, 0.15) is 24.0 Å². The van der Waals surface area contributed by atoms with E-state index in [1.54, 1.807) is 30.4 Å². The summed E-state index contributed by atoms with van der Waals surface area (Å²) < 4.78 is 64.2. The molecule has 0 N–H and O–H groups in total. The van der Waals surface area contributed by atoms with Gasteiger partial charge >= 0.3 is 0 Å². The second-order valence-electron chi connectivity index (χ2n) is 8.08. The Hall–Kier alpha value is -0.900. The lowest BCUT2D eigenvalue weighted by Gasteiger charge is -2.36. The van der Waals surface area contributed by atoms with Crippen LogP contribution in [0.4, 0.5) is 17.6 Å². The van der Waals surface area contributed by atoms with Crippen LogP contribution in [0.2, 0.25) is 0 Å². The van der Waals surface area contributed by atoms with Crippen LogP contribution in [-0.4, -0.2) is 34.2 Å². The molecule has 0 radical (unpaired) electrons. The van der Waals surface area contributed by atoms with E-state index in [2.05, 4.69) is 19.1 Å². The molecule has 0 spiro atoms. The average molecular weight is 547 g/mol. The van der Waals surface area contributed by atoms with Gasteiger partial charge in [-0.2, -0.15) is 4.39 Å². The zero-order valence-electron chi connectivity index (χ0n) is 18.9. The fourth-order valence-electron chi connectivity index (χ4n) is 4.00. The van der Waals surface area contributed by atoms with E-state index in [9.17, 15) is 8.78 Å². The Morgan fingerprint density at radius 3 is 2.06 bits per heavy atom. The Kier molecular flexibility index (Phi) is 9.15. The molecule has 1 nitrogen and oxygen atoms in total. The SMILES string of the molecule is C/C=C/C1CSC(C2CSC(c3ccc(-c4ccc(OCC)c(F)c4F)c(F)c3F)SC2)SC1. The van der Waals surface area contributed by atoms with Crippen molar-refractivity contribution in [1.29, 1.82) is 0 Å². The number of hydrogen-bond donors (Lipinski definition) is 0. The summed E-state index contributed by atoms with van der Waals surface area (Å²) in [5.41, 5.74) is -0.357. The first-order valence-electron chi connectivity index (χ1n) is 11.1. The maximum atomic E-state index is 15.1. The Morgan fingerprint density at radius 2 is 1.44 bits per heavy atom. The van der Waals surface area contributed by atoms with Crippen LogP contribution in [0.15, 0.2) is 36.4 Å². The van der Waals surface area contributed by atoms with Crippen molar-refractivity contribution in [3.05, 3.63) is 65.2 Å². The molecule has 0 saturated carbocycles. The molecule has 2 aromatic rings. The highest BCUT2D eigenvalue weighted by Gasteiger charge is 2.34. The smallest absolute Gasteiger partial charge is 0.201 e. The summed E-state index contributed by atoms with van der Waals surface area (Å²) in [6.07, 6.45) is 4.38. The van der Waals surface area contributed by atoms with E-state index in [4.69, 9.17) is 4.74 Å². The first-order valence-corrected chi connectivity index (χ1v) is 15.3. The van der Waals surface area contributed by atoms with Gasteiger partial charge in [-0.3, -0.25) is 0 Å². The summed E-state index contributed by atoms with van der Waals surface area (Å²) in [7, 11) is 0. The molecule has 2 aliphatic heterocycles. The number of rotatable bonds is 6. The first kappa shape index (κ1) is 26.2. The van der Waals surface area contributed by atoms with E-state index < -0.39 is 23.3 Å². The van der Waals surface area contributed by atoms with Crippen molar-refractivity contribution in [2.24, 2.45) is 11.8 Å². The molecule has 4 rings (SSSR count). The van der Waals surface area contributed by atoms with Crippen LogP contribution in [0, 0.1) is 35.1 Å². The lowest BCUT2D eigenvalue weighted by molar-refractivity contribution is 0.314. The number of ether oxygens (including phenoxy) is 1. The van der Waals surface area contributed by atoms with Gasteiger partial charge in [0.15, 0.2) is 23.2 Å². The van der Waals surface area contributed by atoms with Crippen molar-refractivity contribution < 1.29 is 22.3 Å². The third-order valence-electron chi connectivity index (χ3n) is 5.73.